The van der Waals surface area contributed by atoms with E-state index in [2.05, 4.69) is 20.4 Å². The molecule has 144 valence electrons. The summed E-state index contributed by atoms with van der Waals surface area (Å²) in [4.78, 5) is 21.8. The fraction of sp³-hybridized carbons (Fsp3) is 0.182. The molecule has 3 heterocycles. The van der Waals surface area contributed by atoms with E-state index in [1.54, 1.807) is 41.6 Å². The Kier molecular flexibility index (Phi) is 3.91. The van der Waals surface area contributed by atoms with Crippen molar-refractivity contribution in [3.63, 3.8) is 0 Å². The average Bonchev–Trinajstić information content (AvgIpc) is 3.38. The maximum absolute atomic E-state index is 13.2. The van der Waals surface area contributed by atoms with E-state index in [0.29, 0.717) is 22.2 Å². The first-order valence-corrected chi connectivity index (χ1v) is 9.39. The van der Waals surface area contributed by atoms with Crippen LogP contribution in [0, 0.1) is 12.7 Å². The second-order valence-electron chi connectivity index (χ2n) is 7.41. The molecule has 1 amide bonds. The third kappa shape index (κ3) is 3.04. The maximum Gasteiger partial charge on any atom is 0.254 e. The highest BCUT2D eigenvalue weighted by atomic mass is 19.1. The van der Waals surface area contributed by atoms with Crippen molar-refractivity contribution in [3.8, 4) is 5.69 Å². The molecule has 1 aliphatic carbocycles. The van der Waals surface area contributed by atoms with E-state index in [-0.39, 0.29) is 11.7 Å². The molecule has 1 aromatic carbocycles. The van der Waals surface area contributed by atoms with Crippen LogP contribution in [0.3, 0.4) is 0 Å². The number of nitrogens with zero attached hydrogens (tertiary/aromatic N) is 4. The number of halogens is 1. The number of aryl methyl sites for hydroxylation is 1. The molecule has 3 aromatic heterocycles. The van der Waals surface area contributed by atoms with Crippen LogP contribution in [-0.2, 0) is 5.54 Å². The third-order valence-corrected chi connectivity index (χ3v) is 5.32. The van der Waals surface area contributed by atoms with Crippen molar-refractivity contribution in [3.05, 3.63) is 83.8 Å². The van der Waals surface area contributed by atoms with Crippen LogP contribution >= 0.6 is 0 Å². The molecular weight excluding hydrogens is 369 g/mol. The molecule has 29 heavy (non-hydrogen) atoms. The summed E-state index contributed by atoms with van der Waals surface area (Å²) in [6, 6.07) is 9.97. The highest BCUT2D eigenvalue weighted by molar-refractivity contribution is 6.06. The van der Waals surface area contributed by atoms with Gasteiger partial charge in [-0.1, -0.05) is 0 Å². The molecule has 0 aliphatic heterocycles. The zero-order valence-corrected chi connectivity index (χ0v) is 15.8. The van der Waals surface area contributed by atoms with Crippen LogP contribution in [0.5, 0.6) is 0 Å². The first-order chi connectivity index (χ1) is 14.1. The Hall–Kier alpha value is -3.61. The Morgan fingerprint density at radius 2 is 1.93 bits per heavy atom. The lowest BCUT2D eigenvalue weighted by Gasteiger charge is -2.17. The van der Waals surface area contributed by atoms with Crippen LogP contribution in [0.2, 0.25) is 0 Å². The predicted molar refractivity (Wildman–Crippen MR) is 106 cm³/mol. The fourth-order valence-corrected chi connectivity index (χ4v) is 3.56. The molecule has 0 saturated heterocycles. The van der Waals surface area contributed by atoms with Gasteiger partial charge in [0.15, 0.2) is 0 Å². The van der Waals surface area contributed by atoms with E-state index in [0.717, 1.165) is 24.1 Å². The minimum absolute atomic E-state index is 0.206. The van der Waals surface area contributed by atoms with E-state index < -0.39 is 5.54 Å². The number of aromatic nitrogens is 4. The van der Waals surface area contributed by atoms with Crippen molar-refractivity contribution in [2.24, 2.45) is 0 Å². The Bertz CT molecular complexity index is 1230. The van der Waals surface area contributed by atoms with Gasteiger partial charge in [-0.15, -0.1) is 0 Å². The molecule has 0 bridgehead atoms. The number of amides is 1. The number of carbonyl (C=O) groups excluding carboxylic acids is 1. The summed E-state index contributed by atoms with van der Waals surface area (Å²) in [5.74, 6) is -0.523. The predicted octanol–water partition coefficient (Wildman–Crippen LogP) is 3.68. The zero-order valence-electron chi connectivity index (χ0n) is 15.8. The average molecular weight is 387 g/mol. The van der Waals surface area contributed by atoms with Crippen molar-refractivity contribution < 1.29 is 9.18 Å². The molecule has 4 aromatic rings. The molecule has 1 fully saturated rings. The van der Waals surface area contributed by atoms with E-state index in [9.17, 15) is 9.18 Å². The molecule has 1 saturated carbocycles. The topological polar surface area (TPSA) is 72.7 Å². The monoisotopic (exact) mass is 387 g/mol. The summed E-state index contributed by atoms with van der Waals surface area (Å²) in [5, 5.41) is 8.22. The molecule has 5 rings (SSSR count). The molecule has 7 heteroatoms. The van der Waals surface area contributed by atoms with Crippen LogP contribution < -0.4 is 5.32 Å². The van der Waals surface area contributed by atoms with Gasteiger partial charge in [0.25, 0.3) is 5.91 Å². The molecule has 0 spiro atoms. The van der Waals surface area contributed by atoms with Gasteiger partial charge in [-0.3, -0.25) is 14.8 Å². The van der Waals surface area contributed by atoms with Crippen molar-refractivity contribution in [1.82, 2.24) is 25.1 Å². The van der Waals surface area contributed by atoms with Gasteiger partial charge in [0, 0.05) is 17.8 Å². The summed E-state index contributed by atoms with van der Waals surface area (Å²) < 4.78 is 14.9. The molecule has 0 atom stereocenters. The van der Waals surface area contributed by atoms with Crippen molar-refractivity contribution in [2.75, 3.05) is 0 Å². The normalized spacial score (nSPS) is 14.7. The largest absolute Gasteiger partial charge is 0.341 e. The first-order valence-electron chi connectivity index (χ1n) is 9.39. The first kappa shape index (κ1) is 17.5. The number of carbonyl (C=O) groups is 1. The van der Waals surface area contributed by atoms with Crippen molar-refractivity contribution in [1.29, 1.82) is 0 Å². The van der Waals surface area contributed by atoms with E-state index >= 15 is 0 Å². The lowest BCUT2D eigenvalue weighted by Crippen LogP contribution is -2.35. The van der Waals surface area contributed by atoms with Gasteiger partial charge in [0.2, 0.25) is 0 Å². The summed E-state index contributed by atoms with van der Waals surface area (Å²) in [6.07, 6.45) is 8.32. The number of hydrogen-bond donors (Lipinski definition) is 1. The van der Waals surface area contributed by atoms with Crippen molar-refractivity contribution >= 4 is 16.8 Å². The number of benzene rings is 1. The van der Waals surface area contributed by atoms with Crippen molar-refractivity contribution in [2.45, 2.75) is 25.3 Å². The Morgan fingerprint density at radius 3 is 2.66 bits per heavy atom. The fourth-order valence-electron chi connectivity index (χ4n) is 3.56. The summed E-state index contributed by atoms with van der Waals surface area (Å²) in [5.41, 5.74) is 3.41. The van der Waals surface area contributed by atoms with Gasteiger partial charge in [-0.2, -0.15) is 5.10 Å². The summed E-state index contributed by atoms with van der Waals surface area (Å²) >= 11 is 0. The van der Waals surface area contributed by atoms with Crippen LogP contribution in [0.4, 0.5) is 4.39 Å². The third-order valence-electron chi connectivity index (χ3n) is 5.32. The Balaban J connectivity index is 1.49. The van der Waals surface area contributed by atoms with Crippen LogP contribution in [-0.4, -0.2) is 25.7 Å². The highest BCUT2D eigenvalue weighted by Gasteiger charge is 2.47. The molecule has 0 radical (unpaired) electrons. The van der Waals surface area contributed by atoms with Gasteiger partial charge in [-0.25, -0.2) is 9.07 Å². The van der Waals surface area contributed by atoms with Gasteiger partial charge >= 0.3 is 0 Å². The minimum Gasteiger partial charge on any atom is -0.341 e. The van der Waals surface area contributed by atoms with E-state index in [4.69, 9.17) is 0 Å². The number of fused-ring (bicyclic) bond motifs is 1. The molecular formula is C22H18FN5O. The second kappa shape index (κ2) is 6.48. The van der Waals surface area contributed by atoms with Gasteiger partial charge in [0.05, 0.1) is 40.4 Å². The minimum atomic E-state index is -0.418. The Labute approximate surface area is 166 Å². The van der Waals surface area contributed by atoms with Gasteiger partial charge in [-0.05, 0) is 61.7 Å². The van der Waals surface area contributed by atoms with Crippen LogP contribution in [0.25, 0.3) is 16.6 Å². The summed E-state index contributed by atoms with van der Waals surface area (Å²) in [6.45, 7) is 2.01. The lowest BCUT2D eigenvalue weighted by atomic mass is 10.1. The van der Waals surface area contributed by atoms with E-state index in [1.807, 2.05) is 19.1 Å². The molecule has 1 N–H and O–H groups in total. The number of hydrogen-bond acceptors (Lipinski definition) is 4. The quantitative estimate of drug-likeness (QED) is 0.580. The second-order valence-corrected chi connectivity index (χ2v) is 7.41. The maximum atomic E-state index is 13.2. The molecule has 1 aliphatic rings. The number of nitrogens with one attached hydrogen (secondary N) is 1. The number of rotatable bonds is 4. The van der Waals surface area contributed by atoms with Gasteiger partial charge in [0.1, 0.15) is 5.82 Å². The molecule has 0 unspecified atom stereocenters. The zero-order chi connectivity index (χ0) is 20.0. The van der Waals surface area contributed by atoms with E-state index in [1.165, 1.54) is 12.1 Å². The SMILES string of the molecule is Cc1ccnc(C2(NC(=O)c3cncc4c3cnn4-c3ccc(F)cc3)CC2)c1. The van der Waals surface area contributed by atoms with Crippen LogP contribution in [0.15, 0.2) is 61.2 Å². The lowest BCUT2D eigenvalue weighted by molar-refractivity contribution is 0.0931. The van der Waals surface area contributed by atoms with Gasteiger partial charge < -0.3 is 5.32 Å². The smallest absolute Gasteiger partial charge is 0.254 e. The summed E-state index contributed by atoms with van der Waals surface area (Å²) in [7, 11) is 0. The standard InChI is InChI=1S/C22H18FN5O/c1-14-6-9-25-20(10-14)22(7-8-22)27-21(29)18-11-24-13-19-17(18)12-26-28(19)16-4-2-15(23)3-5-16/h2-6,9-13H,7-8H2,1H3,(H,27,29). The van der Waals surface area contributed by atoms with Crippen LogP contribution in [0.1, 0.15) is 34.5 Å². The highest BCUT2D eigenvalue weighted by Crippen LogP contribution is 2.45. The molecule has 6 nitrogen and oxygen atoms in total. The number of pyridine rings is 2. The Morgan fingerprint density at radius 1 is 1.14 bits per heavy atom.